The highest BCUT2D eigenvalue weighted by Crippen LogP contribution is 2.30. The third-order valence-corrected chi connectivity index (χ3v) is 6.85. The average molecular weight is 456 g/mol. The lowest BCUT2D eigenvalue weighted by atomic mass is 10.1. The molecule has 166 valence electrons. The molecule has 0 aliphatic carbocycles. The molecule has 0 radical (unpaired) electrons. The van der Waals surface area contributed by atoms with E-state index in [1.165, 1.54) is 5.56 Å². The van der Waals surface area contributed by atoms with E-state index in [0.717, 1.165) is 45.0 Å². The molecule has 3 aromatic carbocycles. The van der Waals surface area contributed by atoms with Crippen LogP contribution >= 0.6 is 11.3 Å². The van der Waals surface area contributed by atoms with Gasteiger partial charge >= 0.3 is 0 Å². The third-order valence-electron chi connectivity index (χ3n) is 5.83. The number of imidazole rings is 1. The zero-order valence-electron chi connectivity index (χ0n) is 18.6. The first kappa shape index (κ1) is 21.2. The smallest absolute Gasteiger partial charge is 0.251 e. The van der Waals surface area contributed by atoms with Gasteiger partial charge in [0.1, 0.15) is 5.75 Å². The van der Waals surface area contributed by atoms with Gasteiger partial charge in [0.05, 0.1) is 23.0 Å². The van der Waals surface area contributed by atoms with Crippen LogP contribution in [0.3, 0.4) is 0 Å². The van der Waals surface area contributed by atoms with Crippen LogP contribution in [0.5, 0.6) is 5.75 Å². The molecule has 0 aliphatic rings. The van der Waals surface area contributed by atoms with Gasteiger partial charge in [-0.25, -0.2) is 4.98 Å². The van der Waals surface area contributed by atoms with E-state index in [0.29, 0.717) is 5.56 Å². The molecule has 6 heteroatoms. The number of benzene rings is 3. The number of nitrogens with one attached hydrogen (secondary N) is 1. The number of hydrogen-bond donors (Lipinski definition) is 1. The molecule has 0 spiro atoms. The lowest BCUT2D eigenvalue weighted by molar-refractivity contribution is 0.0938. The van der Waals surface area contributed by atoms with Crippen LogP contribution in [0.1, 0.15) is 29.3 Å². The summed E-state index contributed by atoms with van der Waals surface area (Å²) in [6.07, 6.45) is 3.89. The highest BCUT2D eigenvalue weighted by atomic mass is 32.1. The number of carbonyl (C=O) groups is 1. The maximum absolute atomic E-state index is 12.8. The minimum absolute atomic E-state index is 0.0394. The Balaban J connectivity index is 1.31. The van der Waals surface area contributed by atoms with E-state index in [1.54, 1.807) is 18.4 Å². The lowest BCUT2D eigenvalue weighted by Crippen LogP contribution is -2.32. The Kier molecular flexibility index (Phi) is 5.84. The van der Waals surface area contributed by atoms with Crippen LogP contribution < -0.4 is 10.1 Å². The number of amides is 1. The molecular weight excluding hydrogens is 430 g/mol. The van der Waals surface area contributed by atoms with Crippen molar-refractivity contribution in [3.05, 3.63) is 90.1 Å². The molecule has 5 rings (SSSR count). The summed E-state index contributed by atoms with van der Waals surface area (Å²) in [7, 11) is 1.66. The molecule has 0 bridgehead atoms. The van der Waals surface area contributed by atoms with Crippen LogP contribution in [0.15, 0.2) is 79.0 Å². The van der Waals surface area contributed by atoms with Crippen LogP contribution in [0, 0.1) is 0 Å². The monoisotopic (exact) mass is 455 g/mol. The molecule has 5 aromatic rings. The summed E-state index contributed by atoms with van der Waals surface area (Å²) in [6, 6.07) is 24.2. The number of thiazole rings is 1. The molecule has 33 heavy (non-hydrogen) atoms. The summed E-state index contributed by atoms with van der Waals surface area (Å²) in [5.74, 6) is 0.785. The molecule has 2 heterocycles. The summed E-state index contributed by atoms with van der Waals surface area (Å²) in [5.41, 5.74) is 4.97. The quantitative estimate of drug-likeness (QED) is 0.329. The van der Waals surface area contributed by atoms with Crippen molar-refractivity contribution in [1.29, 1.82) is 0 Å². The highest BCUT2D eigenvalue weighted by molar-refractivity contribution is 7.23. The van der Waals surface area contributed by atoms with Gasteiger partial charge in [-0.05, 0) is 67.8 Å². The van der Waals surface area contributed by atoms with Gasteiger partial charge in [0.25, 0.3) is 5.91 Å². The number of ether oxygens (including phenoxy) is 1. The van der Waals surface area contributed by atoms with Crippen molar-refractivity contribution < 1.29 is 9.53 Å². The first-order valence-electron chi connectivity index (χ1n) is 11.0. The number of carbonyl (C=O) groups excluding carboxylic acids is 1. The summed E-state index contributed by atoms with van der Waals surface area (Å²) < 4.78 is 8.37. The zero-order chi connectivity index (χ0) is 22.8. The van der Waals surface area contributed by atoms with Crippen LogP contribution in [0.4, 0.5) is 0 Å². The molecule has 1 N–H and O–H groups in total. The number of aryl methyl sites for hydroxylation is 1. The van der Waals surface area contributed by atoms with Crippen LogP contribution in [-0.4, -0.2) is 28.4 Å². The van der Waals surface area contributed by atoms with Gasteiger partial charge in [-0.3, -0.25) is 9.20 Å². The molecule has 1 atom stereocenters. The normalized spacial score (nSPS) is 12.2. The maximum Gasteiger partial charge on any atom is 0.251 e. The largest absolute Gasteiger partial charge is 0.497 e. The van der Waals surface area contributed by atoms with Crippen molar-refractivity contribution in [3.63, 3.8) is 0 Å². The van der Waals surface area contributed by atoms with Gasteiger partial charge in [0.2, 0.25) is 0 Å². The second-order valence-electron chi connectivity index (χ2n) is 8.19. The summed E-state index contributed by atoms with van der Waals surface area (Å²) in [5, 5.41) is 3.13. The fourth-order valence-corrected chi connectivity index (χ4v) is 5.00. The van der Waals surface area contributed by atoms with Crippen molar-refractivity contribution in [2.45, 2.75) is 25.8 Å². The van der Waals surface area contributed by atoms with E-state index in [-0.39, 0.29) is 11.9 Å². The topological polar surface area (TPSA) is 55.6 Å². The Labute approximate surface area is 196 Å². The minimum atomic E-state index is -0.0394. The number of aromatic nitrogens is 2. The van der Waals surface area contributed by atoms with Crippen LogP contribution in [0.25, 0.3) is 26.4 Å². The Morgan fingerprint density at radius 1 is 1.09 bits per heavy atom. The van der Waals surface area contributed by atoms with E-state index in [4.69, 9.17) is 9.72 Å². The Hall–Kier alpha value is -3.64. The SMILES string of the molecule is COc1ccc(-c2cn3c(n2)sc2cc(C(=O)N[C@@H](C)CCc4ccccc4)ccc23)cc1. The van der Waals surface area contributed by atoms with Crippen molar-refractivity contribution in [1.82, 2.24) is 14.7 Å². The second kappa shape index (κ2) is 9.08. The molecule has 0 unspecified atom stereocenters. The predicted molar refractivity (Wildman–Crippen MR) is 134 cm³/mol. The van der Waals surface area contributed by atoms with Gasteiger partial charge in [-0.2, -0.15) is 0 Å². The van der Waals surface area contributed by atoms with Gasteiger partial charge < -0.3 is 10.1 Å². The molecule has 2 aromatic heterocycles. The molecule has 0 aliphatic heterocycles. The fraction of sp³-hybridized carbons (Fsp3) is 0.185. The molecule has 5 nitrogen and oxygen atoms in total. The van der Waals surface area contributed by atoms with Crippen molar-refractivity contribution in [2.75, 3.05) is 7.11 Å². The predicted octanol–water partition coefficient (Wildman–Crippen LogP) is 5.98. The van der Waals surface area contributed by atoms with E-state index in [9.17, 15) is 4.79 Å². The van der Waals surface area contributed by atoms with Crippen molar-refractivity contribution in [2.24, 2.45) is 0 Å². The van der Waals surface area contributed by atoms with Gasteiger partial charge in [-0.15, -0.1) is 0 Å². The summed E-state index contributed by atoms with van der Waals surface area (Å²) in [4.78, 5) is 18.5. The highest BCUT2D eigenvalue weighted by Gasteiger charge is 2.14. The van der Waals surface area contributed by atoms with Crippen LogP contribution in [-0.2, 0) is 6.42 Å². The maximum atomic E-state index is 12.8. The first-order chi connectivity index (χ1) is 16.1. The van der Waals surface area contributed by atoms with E-state index >= 15 is 0 Å². The van der Waals surface area contributed by atoms with Gasteiger partial charge in [-0.1, -0.05) is 41.7 Å². The number of fused-ring (bicyclic) bond motifs is 3. The number of rotatable bonds is 7. The first-order valence-corrected chi connectivity index (χ1v) is 11.8. The molecule has 0 fully saturated rings. The molecule has 1 amide bonds. The molecular formula is C27H25N3O2S. The summed E-state index contributed by atoms with van der Waals surface area (Å²) in [6.45, 7) is 2.05. The average Bonchev–Trinajstić information content (AvgIpc) is 3.41. The molecule has 0 saturated heterocycles. The number of nitrogens with zero attached hydrogens (tertiary/aromatic N) is 2. The van der Waals surface area contributed by atoms with E-state index in [1.807, 2.05) is 66.9 Å². The molecule has 0 saturated carbocycles. The van der Waals surface area contributed by atoms with E-state index in [2.05, 4.69) is 28.8 Å². The van der Waals surface area contributed by atoms with Gasteiger partial charge in [0, 0.05) is 23.4 Å². The lowest BCUT2D eigenvalue weighted by Gasteiger charge is -2.14. The third kappa shape index (κ3) is 4.47. The van der Waals surface area contributed by atoms with Gasteiger partial charge in [0.15, 0.2) is 4.96 Å². The van der Waals surface area contributed by atoms with Crippen molar-refractivity contribution in [3.8, 4) is 17.0 Å². The second-order valence-corrected chi connectivity index (χ2v) is 9.20. The Morgan fingerprint density at radius 2 is 1.88 bits per heavy atom. The standard InChI is InChI=1S/C27H25N3O2S/c1-18(8-9-19-6-4-3-5-7-19)28-26(31)21-12-15-24-25(16-21)33-27-29-23(17-30(24)27)20-10-13-22(32-2)14-11-20/h3-7,10-18H,8-9H2,1-2H3,(H,28,31)/t18-/m0/s1. The fourth-order valence-electron chi connectivity index (χ4n) is 3.95. The summed E-state index contributed by atoms with van der Waals surface area (Å²) >= 11 is 1.59. The van der Waals surface area contributed by atoms with Crippen molar-refractivity contribution >= 4 is 32.4 Å². The number of methoxy groups -OCH3 is 1. The van der Waals surface area contributed by atoms with Crippen LogP contribution in [0.2, 0.25) is 0 Å². The number of hydrogen-bond acceptors (Lipinski definition) is 4. The van der Waals surface area contributed by atoms with E-state index < -0.39 is 0 Å². The Bertz CT molecular complexity index is 1400. The minimum Gasteiger partial charge on any atom is -0.497 e. The zero-order valence-corrected chi connectivity index (χ0v) is 19.4. The Morgan fingerprint density at radius 3 is 2.64 bits per heavy atom.